The van der Waals surface area contributed by atoms with Crippen LogP contribution in [-0.2, 0) is 4.79 Å². The molecule has 0 saturated carbocycles. The minimum absolute atomic E-state index is 0.0189. The second-order valence-electron chi connectivity index (χ2n) is 6.33. The molecule has 6 nitrogen and oxygen atoms in total. The zero-order valence-electron chi connectivity index (χ0n) is 15.4. The van der Waals surface area contributed by atoms with Crippen LogP contribution in [0.3, 0.4) is 0 Å². The van der Waals surface area contributed by atoms with Gasteiger partial charge in [-0.2, -0.15) is 0 Å². The van der Waals surface area contributed by atoms with Crippen molar-refractivity contribution in [3.8, 4) is 5.75 Å². The van der Waals surface area contributed by atoms with E-state index in [2.05, 4.69) is 24.5 Å². The highest BCUT2D eigenvalue weighted by Gasteiger charge is 2.08. The van der Waals surface area contributed by atoms with Crippen molar-refractivity contribution in [3.05, 3.63) is 59.2 Å². The standard InChI is InChI=1S/C20H22N2O4S/c1-12(2)14-6-8-16(9-7-14)26-11-18(23)22-20(27)21-17-10-15(19(24)25)5-4-13(17)3/h4-10,12H,11H2,1-3H3,(H,24,25)(H2,21,22,23,27)/p-1. The largest absolute Gasteiger partial charge is 0.545 e. The van der Waals surface area contributed by atoms with E-state index in [4.69, 9.17) is 17.0 Å². The molecule has 1 amide bonds. The first-order valence-electron chi connectivity index (χ1n) is 8.42. The molecule has 2 rings (SSSR count). The highest BCUT2D eigenvalue weighted by molar-refractivity contribution is 7.80. The second-order valence-corrected chi connectivity index (χ2v) is 6.74. The summed E-state index contributed by atoms with van der Waals surface area (Å²) in [5, 5.41) is 16.3. The fraction of sp³-hybridized carbons (Fsp3) is 0.250. The molecule has 0 unspecified atom stereocenters. The van der Waals surface area contributed by atoms with Crippen LogP contribution >= 0.6 is 12.2 Å². The van der Waals surface area contributed by atoms with Crippen LogP contribution in [0.25, 0.3) is 0 Å². The minimum atomic E-state index is -1.29. The first kappa shape index (κ1) is 20.4. The number of amides is 1. The number of benzene rings is 2. The van der Waals surface area contributed by atoms with Gasteiger partial charge in [0.15, 0.2) is 11.7 Å². The minimum Gasteiger partial charge on any atom is -0.545 e. The summed E-state index contributed by atoms with van der Waals surface area (Å²) in [5.74, 6) is -0.699. The lowest BCUT2D eigenvalue weighted by molar-refractivity contribution is -0.255. The van der Waals surface area contributed by atoms with Gasteiger partial charge in [0.1, 0.15) is 5.75 Å². The van der Waals surface area contributed by atoms with Gasteiger partial charge in [-0.3, -0.25) is 10.1 Å². The molecule has 0 aliphatic carbocycles. The number of carbonyl (C=O) groups is 2. The summed E-state index contributed by atoms with van der Waals surface area (Å²) in [7, 11) is 0. The number of hydrogen-bond acceptors (Lipinski definition) is 5. The quantitative estimate of drug-likeness (QED) is 0.742. The molecule has 0 fully saturated rings. The Labute approximate surface area is 163 Å². The average molecular weight is 385 g/mol. The molecule has 0 bridgehead atoms. The summed E-state index contributed by atoms with van der Waals surface area (Å²) in [4.78, 5) is 22.9. The van der Waals surface area contributed by atoms with Gasteiger partial charge in [0.05, 0.1) is 5.97 Å². The molecule has 0 aliphatic rings. The molecule has 0 heterocycles. The van der Waals surface area contributed by atoms with Crippen molar-refractivity contribution in [1.29, 1.82) is 0 Å². The predicted octanol–water partition coefficient (Wildman–Crippen LogP) is 2.37. The van der Waals surface area contributed by atoms with Gasteiger partial charge in [0, 0.05) is 5.69 Å². The smallest absolute Gasteiger partial charge is 0.264 e. The highest BCUT2D eigenvalue weighted by atomic mass is 32.1. The molecule has 7 heteroatoms. The highest BCUT2D eigenvalue weighted by Crippen LogP contribution is 2.18. The molecule has 0 spiro atoms. The number of rotatable bonds is 6. The number of ether oxygens (including phenoxy) is 1. The number of carboxylic acid groups (broad SMARTS) is 1. The Morgan fingerprint density at radius 2 is 1.81 bits per heavy atom. The van der Waals surface area contributed by atoms with Gasteiger partial charge in [-0.05, 0) is 59.9 Å². The molecular weight excluding hydrogens is 364 g/mol. The molecule has 2 aromatic carbocycles. The Hall–Kier alpha value is -2.93. The van der Waals surface area contributed by atoms with Gasteiger partial charge in [0.25, 0.3) is 5.91 Å². The lowest BCUT2D eigenvalue weighted by atomic mass is 10.0. The van der Waals surface area contributed by atoms with E-state index in [1.165, 1.54) is 17.7 Å². The van der Waals surface area contributed by atoms with Gasteiger partial charge in [-0.1, -0.05) is 38.1 Å². The number of carboxylic acids is 1. The molecular formula is C20H21N2O4S-. The van der Waals surface area contributed by atoms with Crippen LogP contribution in [0.5, 0.6) is 5.75 Å². The van der Waals surface area contributed by atoms with E-state index in [0.29, 0.717) is 17.4 Å². The summed E-state index contributed by atoms with van der Waals surface area (Å²) in [6.07, 6.45) is 0. The number of anilines is 1. The van der Waals surface area contributed by atoms with Gasteiger partial charge < -0.3 is 20.0 Å². The monoisotopic (exact) mass is 385 g/mol. The van der Waals surface area contributed by atoms with E-state index in [1.807, 2.05) is 24.3 Å². The van der Waals surface area contributed by atoms with Gasteiger partial charge >= 0.3 is 0 Å². The number of carbonyl (C=O) groups excluding carboxylic acids is 2. The third kappa shape index (κ3) is 6.07. The van der Waals surface area contributed by atoms with E-state index in [-0.39, 0.29) is 17.3 Å². The van der Waals surface area contributed by atoms with Crippen LogP contribution in [0.15, 0.2) is 42.5 Å². The van der Waals surface area contributed by atoms with Crippen LogP contribution in [0.2, 0.25) is 0 Å². The van der Waals surface area contributed by atoms with E-state index in [9.17, 15) is 14.7 Å². The summed E-state index contributed by atoms with van der Waals surface area (Å²) in [5.41, 5.74) is 2.46. The number of thiocarbonyl (C=S) groups is 1. The van der Waals surface area contributed by atoms with Crippen molar-refractivity contribution in [2.45, 2.75) is 26.7 Å². The second kappa shape index (κ2) is 9.14. The summed E-state index contributed by atoms with van der Waals surface area (Å²) < 4.78 is 5.44. The topological polar surface area (TPSA) is 90.5 Å². The summed E-state index contributed by atoms with van der Waals surface area (Å²) >= 11 is 5.10. The van der Waals surface area contributed by atoms with Crippen LogP contribution in [-0.4, -0.2) is 23.6 Å². The maximum absolute atomic E-state index is 12.0. The van der Waals surface area contributed by atoms with Crippen molar-refractivity contribution in [2.75, 3.05) is 11.9 Å². The molecule has 2 aromatic rings. The average Bonchev–Trinajstić information content (AvgIpc) is 2.62. The van der Waals surface area contributed by atoms with Crippen LogP contribution < -0.4 is 20.5 Å². The summed E-state index contributed by atoms with van der Waals surface area (Å²) in [6, 6.07) is 12.0. The number of nitrogens with one attached hydrogen (secondary N) is 2. The van der Waals surface area contributed by atoms with Crippen molar-refractivity contribution < 1.29 is 19.4 Å². The number of aromatic carboxylic acids is 1. The van der Waals surface area contributed by atoms with Gasteiger partial charge in [0.2, 0.25) is 0 Å². The fourth-order valence-electron chi connectivity index (χ4n) is 2.30. The normalized spacial score (nSPS) is 10.4. The molecule has 142 valence electrons. The third-order valence-electron chi connectivity index (χ3n) is 3.89. The lowest BCUT2D eigenvalue weighted by Gasteiger charge is -2.14. The first-order valence-corrected chi connectivity index (χ1v) is 8.82. The van der Waals surface area contributed by atoms with Crippen molar-refractivity contribution >= 4 is 34.9 Å². The zero-order chi connectivity index (χ0) is 20.0. The van der Waals surface area contributed by atoms with E-state index >= 15 is 0 Å². The molecule has 0 aromatic heterocycles. The van der Waals surface area contributed by atoms with E-state index < -0.39 is 11.9 Å². The molecule has 0 radical (unpaired) electrons. The number of hydrogen-bond donors (Lipinski definition) is 2. The Balaban J connectivity index is 1.87. The maximum atomic E-state index is 12.0. The fourth-order valence-corrected chi connectivity index (χ4v) is 2.52. The van der Waals surface area contributed by atoms with Crippen LogP contribution in [0.1, 0.15) is 41.3 Å². The third-order valence-corrected chi connectivity index (χ3v) is 4.10. The van der Waals surface area contributed by atoms with Crippen molar-refractivity contribution in [3.63, 3.8) is 0 Å². The molecule has 0 atom stereocenters. The van der Waals surface area contributed by atoms with E-state index in [0.717, 1.165) is 5.56 Å². The van der Waals surface area contributed by atoms with Crippen LogP contribution in [0, 0.1) is 6.92 Å². The Morgan fingerprint density at radius 3 is 2.41 bits per heavy atom. The lowest BCUT2D eigenvalue weighted by Crippen LogP contribution is -2.37. The molecule has 0 aliphatic heterocycles. The Bertz CT molecular complexity index is 848. The SMILES string of the molecule is Cc1ccc(C(=O)[O-])cc1NC(=S)NC(=O)COc1ccc(C(C)C)cc1. The summed E-state index contributed by atoms with van der Waals surface area (Å²) in [6.45, 7) is 5.79. The zero-order valence-corrected chi connectivity index (χ0v) is 16.2. The maximum Gasteiger partial charge on any atom is 0.264 e. The van der Waals surface area contributed by atoms with E-state index in [1.54, 1.807) is 13.0 Å². The molecule has 27 heavy (non-hydrogen) atoms. The molecule has 2 N–H and O–H groups in total. The number of aryl methyl sites for hydroxylation is 1. The van der Waals surface area contributed by atoms with Gasteiger partial charge in [-0.25, -0.2) is 0 Å². The Kier molecular flexibility index (Phi) is 6.90. The Morgan fingerprint density at radius 1 is 1.15 bits per heavy atom. The van der Waals surface area contributed by atoms with Gasteiger partial charge in [-0.15, -0.1) is 0 Å². The van der Waals surface area contributed by atoms with Crippen LogP contribution in [0.4, 0.5) is 5.69 Å². The first-order chi connectivity index (χ1) is 12.8. The predicted molar refractivity (Wildman–Crippen MR) is 106 cm³/mol. The molecule has 0 saturated heterocycles. The van der Waals surface area contributed by atoms with Crippen molar-refractivity contribution in [2.24, 2.45) is 0 Å². The van der Waals surface area contributed by atoms with Crippen molar-refractivity contribution in [1.82, 2.24) is 5.32 Å².